The van der Waals surface area contributed by atoms with Crippen LogP contribution in [0, 0.1) is 0 Å². The first kappa shape index (κ1) is 13.2. The Morgan fingerprint density at radius 3 is 2.06 bits per heavy atom. The SMILES string of the molecule is Oc1cccc2cccc(C(F)(F)F)c12.[Zr]. The molecule has 0 fully saturated rings. The Labute approximate surface area is 109 Å². The van der Waals surface area contributed by atoms with Crippen LogP contribution in [-0.2, 0) is 32.4 Å². The van der Waals surface area contributed by atoms with Crippen LogP contribution in [0.25, 0.3) is 10.8 Å². The van der Waals surface area contributed by atoms with Crippen molar-refractivity contribution in [2.45, 2.75) is 6.18 Å². The molecule has 2 aromatic carbocycles. The largest absolute Gasteiger partial charge is 0.507 e. The van der Waals surface area contributed by atoms with Crippen LogP contribution in [0.3, 0.4) is 0 Å². The van der Waals surface area contributed by atoms with E-state index in [1.165, 1.54) is 30.3 Å². The topological polar surface area (TPSA) is 20.2 Å². The smallest absolute Gasteiger partial charge is 0.417 e. The van der Waals surface area contributed by atoms with Gasteiger partial charge in [-0.1, -0.05) is 24.3 Å². The molecule has 5 heteroatoms. The van der Waals surface area contributed by atoms with Crippen molar-refractivity contribution in [3.05, 3.63) is 42.0 Å². The van der Waals surface area contributed by atoms with Crippen molar-refractivity contribution in [1.82, 2.24) is 0 Å². The van der Waals surface area contributed by atoms with E-state index >= 15 is 0 Å². The molecule has 0 bridgehead atoms. The second kappa shape index (κ2) is 4.58. The molecule has 0 atom stereocenters. The van der Waals surface area contributed by atoms with E-state index < -0.39 is 11.7 Å². The third kappa shape index (κ3) is 2.29. The molecule has 0 unspecified atom stereocenters. The van der Waals surface area contributed by atoms with Gasteiger partial charge in [-0.2, -0.15) is 13.2 Å². The summed E-state index contributed by atoms with van der Waals surface area (Å²) >= 11 is 0. The molecule has 82 valence electrons. The molecular weight excluding hydrogens is 296 g/mol. The van der Waals surface area contributed by atoms with Gasteiger partial charge in [0.15, 0.2) is 0 Å². The zero-order valence-corrected chi connectivity index (χ0v) is 10.5. The number of rotatable bonds is 0. The Balaban J connectivity index is 0.00000128. The Hall–Kier alpha value is -0.827. The third-order valence-corrected chi connectivity index (χ3v) is 2.19. The number of hydrogen-bond donors (Lipinski definition) is 1. The first-order chi connectivity index (χ1) is 7.00. The van der Waals surface area contributed by atoms with Crippen LogP contribution in [0.1, 0.15) is 5.56 Å². The molecule has 1 nitrogen and oxygen atoms in total. The number of phenolic OH excluding ortho intramolecular Hbond substituents is 1. The van der Waals surface area contributed by atoms with Gasteiger partial charge >= 0.3 is 6.18 Å². The summed E-state index contributed by atoms with van der Waals surface area (Å²) < 4.78 is 37.8. The van der Waals surface area contributed by atoms with Crippen LogP contribution in [0.5, 0.6) is 5.75 Å². The fourth-order valence-corrected chi connectivity index (χ4v) is 1.56. The molecule has 1 N–H and O–H groups in total. The second-order valence-corrected chi connectivity index (χ2v) is 3.18. The van der Waals surface area contributed by atoms with E-state index in [2.05, 4.69) is 0 Å². The van der Waals surface area contributed by atoms with Gasteiger partial charge in [-0.05, 0) is 17.5 Å². The van der Waals surface area contributed by atoms with E-state index in [-0.39, 0.29) is 37.3 Å². The summed E-state index contributed by atoms with van der Waals surface area (Å²) in [5.41, 5.74) is -0.807. The van der Waals surface area contributed by atoms with Gasteiger partial charge in [0.2, 0.25) is 0 Å². The van der Waals surface area contributed by atoms with Gasteiger partial charge in [0, 0.05) is 31.6 Å². The minimum absolute atomic E-state index is 0. The molecule has 16 heavy (non-hydrogen) atoms. The van der Waals surface area contributed by atoms with Crippen molar-refractivity contribution in [2.24, 2.45) is 0 Å². The monoisotopic (exact) mass is 302 g/mol. The van der Waals surface area contributed by atoms with E-state index in [1.54, 1.807) is 0 Å². The third-order valence-electron chi connectivity index (χ3n) is 2.19. The zero-order valence-electron chi connectivity index (χ0n) is 8.05. The molecule has 0 saturated heterocycles. The summed E-state index contributed by atoms with van der Waals surface area (Å²) in [7, 11) is 0. The van der Waals surface area contributed by atoms with Crippen LogP contribution >= 0.6 is 0 Å². The van der Waals surface area contributed by atoms with Gasteiger partial charge in [0.05, 0.1) is 5.56 Å². The Morgan fingerprint density at radius 2 is 1.50 bits per heavy atom. The van der Waals surface area contributed by atoms with Gasteiger partial charge in [-0.3, -0.25) is 0 Å². The van der Waals surface area contributed by atoms with Gasteiger partial charge in [-0.15, -0.1) is 0 Å². The van der Waals surface area contributed by atoms with E-state index in [0.717, 1.165) is 6.07 Å². The van der Waals surface area contributed by atoms with Crippen molar-refractivity contribution in [1.29, 1.82) is 0 Å². The number of aromatic hydroxyl groups is 1. The Bertz CT molecular complexity index is 503. The standard InChI is InChI=1S/C11H7F3O.Zr/c12-11(13,14)8-5-1-3-7-4-2-6-9(15)10(7)8;/h1-6,15H;. The predicted octanol–water partition coefficient (Wildman–Crippen LogP) is 3.56. The van der Waals surface area contributed by atoms with Crippen LogP contribution in [-0.4, -0.2) is 5.11 Å². The normalized spacial score (nSPS) is 11.2. The second-order valence-electron chi connectivity index (χ2n) is 3.18. The molecule has 0 spiro atoms. The van der Waals surface area contributed by atoms with Gasteiger partial charge in [0.1, 0.15) is 5.75 Å². The van der Waals surface area contributed by atoms with Crippen molar-refractivity contribution < 1.29 is 44.5 Å². The quantitative estimate of drug-likeness (QED) is 0.789. The maximum absolute atomic E-state index is 12.6. The van der Waals surface area contributed by atoms with Crippen molar-refractivity contribution >= 4 is 10.8 Å². The van der Waals surface area contributed by atoms with Crippen LogP contribution < -0.4 is 0 Å². The maximum Gasteiger partial charge on any atom is 0.417 e. The van der Waals surface area contributed by atoms with E-state index in [9.17, 15) is 18.3 Å². The average Bonchev–Trinajstić information content (AvgIpc) is 2.16. The van der Waals surface area contributed by atoms with Crippen molar-refractivity contribution in [3.8, 4) is 5.75 Å². The van der Waals surface area contributed by atoms with Gasteiger partial charge in [0.25, 0.3) is 0 Å². The van der Waals surface area contributed by atoms with Gasteiger partial charge < -0.3 is 5.11 Å². The van der Waals surface area contributed by atoms with E-state index in [1.807, 2.05) is 0 Å². The summed E-state index contributed by atoms with van der Waals surface area (Å²) in [4.78, 5) is 0. The van der Waals surface area contributed by atoms with Crippen molar-refractivity contribution in [3.63, 3.8) is 0 Å². The molecular formula is C11H7F3OZr. The zero-order chi connectivity index (χ0) is 11.1. The Morgan fingerprint density at radius 1 is 0.938 bits per heavy atom. The minimum Gasteiger partial charge on any atom is -0.507 e. The molecule has 0 amide bonds. The molecule has 0 aliphatic carbocycles. The summed E-state index contributed by atoms with van der Waals surface area (Å²) in [5, 5.41) is 9.65. The molecule has 0 saturated carbocycles. The number of halogens is 3. The summed E-state index contributed by atoms with van der Waals surface area (Å²) in [5.74, 6) is -0.347. The molecule has 0 aromatic heterocycles. The predicted molar refractivity (Wildman–Crippen MR) is 50.6 cm³/mol. The molecule has 2 aromatic rings. The summed E-state index contributed by atoms with van der Waals surface area (Å²) in [6.45, 7) is 0. The van der Waals surface area contributed by atoms with Gasteiger partial charge in [-0.25, -0.2) is 0 Å². The van der Waals surface area contributed by atoms with Crippen LogP contribution in [0.2, 0.25) is 0 Å². The molecule has 0 aliphatic rings. The van der Waals surface area contributed by atoms with Crippen LogP contribution in [0.4, 0.5) is 13.2 Å². The number of phenols is 1. The summed E-state index contributed by atoms with van der Waals surface area (Å²) in [6, 6.07) is 8.11. The molecule has 0 radical (unpaired) electrons. The fraction of sp³-hybridized carbons (Fsp3) is 0.0909. The molecule has 0 aliphatic heterocycles. The number of alkyl halides is 3. The Kier molecular flexibility index (Phi) is 3.79. The maximum atomic E-state index is 12.6. The molecule has 0 heterocycles. The number of hydrogen-bond acceptors (Lipinski definition) is 1. The first-order valence-corrected chi connectivity index (χ1v) is 4.28. The number of fused-ring (bicyclic) bond motifs is 1. The number of benzene rings is 2. The molecule has 2 rings (SSSR count). The van der Waals surface area contributed by atoms with E-state index in [4.69, 9.17) is 0 Å². The fourth-order valence-electron chi connectivity index (χ4n) is 1.56. The minimum atomic E-state index is -4.45. The van der Waals surface area contributed by atoms with Crippen LogP contribution in [0.15, 0.2) is 36.4 Å². The van der Waals surface area contributed by atoms with Crippen molar-refractivity contribution in [2.75, 3.05) is 0 Å². The average molecular weight is 303 g/mol. The summed E-state index contributed by atoms with van der Waals surface area (Å²) in [6.07, 6.45) is -4.45. The van der Waals surface area contributed by atoms with E-state index in [0.29, 0.717) is 5.39 Å². The first-order valence-electron chi connectivity index (χ1n) is 4.28.